The van der Waals surface area contributed by atoms with Gasteiger partial charge in [0, 0.05) is 18.2 Å². The molecule has 23 heavy (non-hydrogen) atoms. The van der Waals surface area contributed by atoms with Crippen molar-refractivity contribution in [1.29, 1.82) is 0 Å². The Hall–Kier alpha value is -1.63. The minimum absolute atomic E-state index is 0. The Kier molecular flexibility index (Phi) is 8.02. The molecule has 1 aromatic carbocycles. The number of halogens is 1. The summed E-state index contributed by atoms with van der Waals surface area (Å²) in [5, 5.41) is 7.00. The Morgan fingerprint density at radius 3 is 2.65 bits per heavy atom. The highest BCUT2D eigenvalue weighted by Crippen LogP contribution is 2.26. The molecule has 0 saturated carbocycles. The molecular weight excluding hydrogens is 334 g/mol. The summed E-state index contributed by atoms with van der Waals surface area (Å²) in [6.07, 6.45) is 1.62. The molecule has 0 aliphatic rings. The van der Waals surface area contributed by atoms with Crippen molar-refractivity contribution < 1.29 is 9.53 Å². The lowest BCUT2D eigenvalue weighted by Gasteiger charge is -2.12. The fourth-order valence-electron chi connectivity index (χ4n) is 2.00. The van der Waals surface area contributed by atoms with Crippen LogP contribution in [0, 0.1) is 0 Å². The SMILES string of the molecule is CCN[C@H](C)CNC(=O)c1cnc(-c2ccc(OC)cc2)s1.Cl. The van der Waals surface area contributed by atoms with Crippen molar-refractivity contribution in [2.24, 2.45) is 0 Å². The molecule has 0 saturated heterocycles. The van der Waals surface area contributed by atoms with Gasteiger partial charge in [-0.1, -0.05) is 6.92 Å². The second kappa shape index (κ2) is 9.50. The van der Waals surface area contributed by atoms with Crippen molar-refractivity contribution in [2.45, 2.75) is 19.9 Å². The molecule has 0 spiro atoms. The zero-order valence-electron chi connectivity index (χ0n) is 13.5. The first kappa shape index (κ1) is 19.4. The summed E-state index contributed by atoms with van der Waals surface area (Å²) in [5.74, 6) is 0.720. The molecular formula is C16H22ClN3O2S. The van der Waals surface area contributed by atoms with Gasteiger partial charge in [0.2, 0.25) is 0 Å². The summed E-state index contributed by atoms with van der Waals surface area (Å²) in [6.45, 7) is 5.57. The summed E-state index contributed by atoms with van der Waals surface area (Å²) in [6, 6.07) is 7.89. The van der Waals surface area contributed by atoms with E-state index in [2.05, 4.69) is 15.6 Å². The van der Waals surface area contributed by atoms with Gasteiger partial charge in [0.1, 0.15) is 15.6 Å². The van der Waals surface area contributed by atoms with E-state index in [4.69, 9.17) is 4.74 Å². The minimum Gasteiger partial charge on any atom is -0.497 e. The molecule has 2 aromatic rings. The predicted molar refractivity (Wildman–Crippen MR) is 96.8 cm³/mol. The summed E-state index contributed by atoms with van der Waals surface area (Å²) in [7, 11) is 1.63. The van der Waals surface area contributed by atoms with Crippen LogP contribution in [0.15, 0.2) is 30.5 Å². The van der Waals surface area contributed by atoms with E-state index >= 15 is 0 Å². The number of carbonyl (C=O) groups is 1. The summed E-state index contributed by atoms with van der Waals surface area (Å²) in [4.78, 5) is 17.1. The molecule has 7 heteroatoms. The third-order valence-electron chi connectivity index (χ3n) is 3.19. The van der Waals surface area contributed by atoms with E-state index in [-0.39, 0.29) is 24.4 Å². The molecule has 1 heterocycles. The summed E-state index contributed by atoms with van der Waals surface area (Å²) < 4.78 is 5.14. The number of rotatable bonds is 7. The molecule has 1 amide bonds. The van der Waals surface area contributed by atoms with Crippen molar-refractivity contribution in [3.63, 3.8) is 0 Å². The minimum atomic E-state index is -0.0815. The van der Waals surface area contributed by atoms with Gasteiger partial charge in [-0.2, -0.15) is 0 Å². The van der Waals surface area contributed by atoms with Crippen molar-refractivity contribution >= 4 is 29.7 Å². The number of methoxy groups -OCH3 is 1. The van der Waals surface area contributed by atoms with Crippen LogP contribution in [0.1, 0.15) is 23.5 Å². The maximum atomic E-state index is 12.1. The van der Waals surface area contributed by atoms with Crippen LogP contribution < -0.4 is 15.4 Å². The zero-order valence-corrected chi connectivity index (χ0v) is 15.1. The van der Waals surface area contributed by atoms with E-state index in [0.29, 0.717) is 11.4 Å². The van der Waals surface area contributed by atoms with E-state index < -0.39 is 0 Å². The van der Waals surface area contributed by atoms with Gasteiger partial charge in [-0.05, 0) is 37.7 Å². The van der Waals surface area contributed by atoms with E-state index in [1.807, 2.05) is 38.1 Å². The number of hydrogen-bond donors (Lipinski definition) is 2. The second-order valence-electron chi connectivity index (χ2n) is 4.93. The number of hydrogen-bond acceptors (Lipinski definition) is 5. The standard InChI is InChI=1S/C16H21N3O2S.ClH/c1-4-17-11(2)9-18-15(20)14-10-19-16(22-14)12-5-7-13(21-3)8-6-12;/h5-8,10-11,17H,4,9H2,1-3H3,(H,18,20);1H/t11-;/m1./s1. The molecule has 5 nitrogen and oxygen atoms in total. The van der Waals surface area contributed by atoms with Crippen molar-refractivity contribution in [1.82, 2.24) is 15.6 Å². The van der Waals surface area contributed by atoms with Crippen LogP contribution in [0.5, 0.6) is 5.75 Å². The average molecular weight is 356 g/mol. The topological polar surface area (TPSA) is 63.2 Å². The number of likely N-dealkylation sites (N-methyl/N-ethyl adjacent to an activating group) is 1. The highest BCUT2D eigenvalue weighted by molar-refractivity contribution is 7.16. The molecule has 0 radical (unpaired) electrons. The van der Waals surface area contributed by atoms with Gasteiger partial charge >= 0.3 is 0 Å². The van der Waals surface area contributed by atoms with Gasteiger partial charge in [-0.25, -0.2) is 4.98 Å². The van der Waals surface area contributed by atoms with Crippen LogP contribution in [-0.2, 0) is 0 Å². The largest absolute Gasteiger partial charge is 0.497 e. The molecule has 2 N–H and O–H groups in total. The lowest BCUT2D eigenvalue weighted by molar-refractivity contribution is 0.0954. The van der Waals surface area contributed by atoms with E-state index in [1.54, 1.807) is 13.3 Å². The Morgan fingerprint density at radius 2 is 2.04 bits per heavy atom. The second-order valence-corrected chi connectivity index (χ2v) is 5.96. The number of amides is 1. The molecule has 0 unspecified atom stereocenters. The molecule has 0 bridgehead atoms. The maximum Gasteiger partial charge on any atom is 0.263 e. The smallest absolute Gasteiger partial charge is 0.263 e. The first-order valence-electron chi connectivity index (χ1n) is 7.26. The molecule has 2 rings (SSSR count). The number of thiazole rings is 1. The third-order valence-corrected chi connectivity index (χ3v) is 4.23. The van der Waals surface area contributed by atoms with Gasteiger partial charge in [0.25, 0.3) is 5.91 Å². The predicted octanol–water partition coefficient (Wildman–Crippen LogP) is 2.97. The number of aromatic nitrogens is 1. The third kappa shape index (κ3) is 5.49. The molecule has 1 atom stereocenters. The van der Waals surface area contributed by atoms with Gasteiger partial charge in [0.05, 0.1) is 13.3 Å². The Balaban J connectivity index is 0.00000264. The average Bonchev–Trinajstić information content (AvgIpc) is 3.03. The number of nitrogens with zero attached hydrogens (tertiary/aromatic N) is 1. The van der Waals surface area contributed by atoms with Crippen LogP contribution in [0.3, 0.4) is 0 Å². The normalized spacial score (nSPS) is 11.4. The first-order valence-corrected chi connectivity index (χ1v) is 8.07. The monoisotopic (exact) mass is 355 g/mol. The summed E-state index contributed by atoms with van der Waals surface area (Å²) >= 11 is 1.39. The van der Waals surface area contributed by atoms with Crippen molar-refractivity contribution in [2.75, 3.05) is 20.2 Å². The highest BCUT2D eigenvalue weighted by atomic mass is 35.5. The lowest BCUT2D eigenvalue weighted by atomic mass is 10.2. The van der Waals surface area contributed by atoms with E-state index in [0.717, 1.165) is 22.9 Å². The molecule has 0 aliphatic carbocycles. The zero-order chi connectivity index (χ0) is 15.9. The van der Waals surface area contributed by atoms with E-state index in [1.165, 1.54) is 11.3 Å². The molecule has 1 aromatic heterocycles. The maximum absolute atomic E-state index is 12.1. The van der Waals surface area contributed by atoms with Gasteiger partial charge in [0.15, 0.2) is 0 Å². The van der Waals surface area contributed by atoms with Crippen molar-refractivity contribution in [3.05, 3.63) is 35.3 Å². The van der Waals surface area contributed by atoms with Crippen LogP contribution in [-0.4, -0.2) is 37.1 Å². The number of ether oxygens (including phenoxy) is 1. The molecule has 0 fully saturated rings. The number of nitrogens with one attached hydrogen (secondary N) is 2. The number of carbonyl (C=O) groups excluding carboxylic acids is 1. The fourth-order valence-corrected chi connectivity index (χ4v) is 2.84. The summed E-state index contributed by atoms with van der Waals surface area (Å²) in [5.41, 5.74) is 0.978. The molecule has 126 valence electrons. The number of benzene rings is 1. The molecule has 0 aliphatic heterocycles. The van der Waals surface area contributed by atoms with Crippen molar-refractivity contribution in [3.8, 4) is 16.3 Å². The Bertz CT molecular complexity index is 616. The van der Waals surface area contributed by atoms with E-state index in [9.17, 15) is 4.79 Å². The quantitative estimate of drug-likeness (QED) is 0.801. The first-order chi connectivity index (χ1) is 10.6. The highest BCUT2D eigenvalue weighted by Gasteiger charge is 2.12. The Labute approximate surface area is 146 Å². The Morgan fingerprint density at radius 1 is 1.35 bits per heavy atom. The van der Waals surface area contributed by atoms with Crippen LogP contribution in [0.25, 0.3) is 10.6 Å². The lowest BCUT2D eigenvalue weighted by Crippen LogP contribution is -2.38. The van der Waals surface area contributed by atoms with Gasteiger partial charge < -0.3 is 15.4 Å². The van der Waals surface area contributed by atoms with Gasteiger partial charge in [-0.3, -0.25) is 4.79 Å². The van der Waals surface area contributed by atoms with Gasteiger partial charge in [-0.15, -0.1) is 23.7 Å². The van der Waals surface area contributed by atoms with Crippen LogP contribution in [0.2, 0.25) is 0 Å². The fraction of sp³-hybridized carbons (Fsp3) is 0.375. The van der Waals surface area contributed by atoms with Crippen LogP contribution in [0.4, 0.5) is 0 Å². The van der Waals surface area contributed by atoms with Crippen LogP contribution >= 0.6 is 23.7 Å².